The smallest absolute Gasteiger partial charge is 0.345 e. The highest BCUT2D eigenvalue weighted by Gasteiger charge is 2.43. The molecule has 0 aliphatic heterocycles. The summed E-state index contributed by atoms with van der Waals surface area (Å²) in [4.78, 5) is 22.3. The minimum absolute atomic E-state index is 0.283. The lowest BCUT2D eigenvalue weighted by atomic mass is 9.96. The molecule has 12 heavy (non-hydrogen) atoms. The Hall–Kier alpha value is -0.900. The van der Waals surface area contributed by atoms with Crippen LogP contribution in [0.25, 0.3) is 0 Å². The van der Waals surface area contributed by atoms with Crippen LogP contribution in [0.4, 0.5) is 0 Å². The Morgan fingerprint density at radius 1 is 1.33 bits per heavy atom. The zero-order chi connectivity index (χ0) is 9.78. The zero-order valence-corrected chi connectivity index (χ0v) is 7.84. The van der Waals surface area contributed by atoms with Crippen molar-refractivity contribution < 1.29 is 19.1 Å². The average molecular weight is 174 g/mol. The third-order valence-electron chi connectivity index (χ3n) is 1.93. The number of hydrogen-bond acceptors (Lipinski definition) is 4. The van der Waals surface area contributed by atoms with Gasteiger partial charge in [-0.15, -0.1) is 0 Å². The van der Waals surface area contributed by atoms with E-state index in [1.165, 1.54) is 21.1 Å². The topological polar surface area (TPSA) is 52.6 Å². The second-order valence-electron chi connectivity index (χ2n) is 2.43. The highest BCUT2D eigenvalue weighted by atomic mass is 16.6. The highest BCUT2D eigenvalue weighted by molar-refractivity contribution is 6.06. The molecule has 0 saturated heterocycles. The van der Waals surface area contributed by atoms with Gasteiger partial charge in [-0.3, -0.25) is 4.79 Å². The molecule has 4 heteroatoms. The Morgan fingerprint density at radius 3 is 1.92 bits per heavy atom. The number of ether oxygens (including phenoxy) is 2. The van der Waals surface area contributed by atoms with Crippen LogP contribution in [-0.4, -0.2) is 31.6 Å². The molecule has 0 bridgehead atoms. The second-order valence-corrected chi connectivity index (χ2v) is 2.43. The van der Waals surface area contributed by atoms with Crippen LogP contribution in [0.1, 0.15) is 20.3 Å². The van der Waals surface area contributed by atoms with Gasteiger partial charge in [0.2, 0.25) is 5.60 Å². The standard InChI is InChI=1S/C8H14O4/c1-5-8(12-4,6(2)9)7(10)11-3/h5H2,1-4H3. The number of ketones is 1. The van der Waals surface area contributed by atoms with Gasteiger partial charge in [0.25, 0.3) is 0 Å². The lowest BCUT2D eigenvalue weighted by molar-refractivity contribution is -0.171. The number of hydrogen-bond donors (Lipinski definition) is 0. The fraction of sp³-hybridized carbons (Fsp3) is 0.750. The molecule has 1 unspecified atom stereocenters. The van der Waals surface area contributed by atoms with E-state index in [4.69, 9.17) is 4.74 Å². The van der Waals surface area contributed by atoms with E-state index in [2.05, 4.69) is 4.74 Å². The number of esters is 1. The summed E-state index contributed by atoms with van der Waals surface area (Å²) in [7, 11) is 2.55. The second kappa shape index (κ2) is 4.21. The molecule has 0 aliphatic rings. The van der Waals surface area contributed by atoms with Gasteiger partial charge in [-0.1, -0.05) is 6.92 Å². The van der Waals surface area contributed by atoms with Crippen molar-refractivity contribution in [3.05, 3.63) is 0 Å². The van der Waals surface area contributed by atoms with Crippen LogP contribution in [-0.2, 0) is 19.1 Å². The molecule has 0 N–H and O–H groups in total. The van der Waals surface area contributed by atoms with Gasteiger partial charge in [-0.25, -0.2) is 4.79 Å². The largest absolute Gasteiger partial charge is 0.467 e. The average Bonchev–Trinajstić information content (AvgIpc) is 2.06. The third kappa shape index (κ3) is 1.64. The molecule has 1 atom stereocenters. The molecule has 0 aromatic carbocycles. The molecule has 4 nitrogen and oxygen atoms in total. The zero-order valence-electron chi connectivity index (χ0n) is 7.84. The first-order valence-corrected chi connectivity index (χ1v) is 3.69. The summed E-state index contributed by atoms with van der Waals surface area (Å²) >= 11 is 0. The minimum Gasteiger partial charge on any atom is -0.467 e. The molecular formula is C8H14O4. The summed E-state index contributed by atoms with van der Waals surface area (Å²) in [5.74, 6) is -0.973. The van der Waals surface area contributed by atoms with Crippen LogP contribution in [0.15, 0.2) is 0 Å². The van der Waals surface area contributed by atoms with Crippen LogP contribution in [0.5, 0.6) is 0 Å². The molecule has 0 saturated carbocycles. The fourth-order valence-corrected chi connectivity index (χ4v) is 1.07. The summed E-state index contributed by atoms with van der Waals surface area (Å²) in [5.41, 5.74) is -1.41. The summed E-state index contributed by atoms with van der Waals surface area (Å²) < 4.78 is 9.35. The summed E-state index contributed by atoms with van der Waals surface area (Å²) in [6, 6.07) is 0. The SMILES string of the molecule is CCC(OC)(C(C)=O)C(=O)OC. The van der Waals surface area contributed by atoms with E-state index < -0.39 is 11.6 Å². The van der Waals surface area contributed by atoms with Crippen molar-refractivity contribution in [2.24, 2.45) is 0 Å². The van der Waals surface area contributed by atoms with Crippen molar-refractivity contribution in [2.75, 3.05) is 14.2 Å². The number of carbonyl (C=O) groups excluding carboxylic acids is 2. The fourth-order valence-electron chi connectivity index (χ4n) is 1.07. The number of carbonyl (C=O) groups is 2. The van der Waals surface area contributed by atoms with Gasteiger partial charge in [-0.05, 0) is 13.3 Å². The quantitative estimate of drug-likeness (QED) is 0.461. The van der Waals surface area contributed by atoms with Crippen LogP contribution >= 0.6 is 0 Å². The molecule has 0 heterocycles. The number of methoxy groups -OCH3 is 2. The van der Waals surface area contributed by atoms with Crippen LogP contribution in [0.3, 0.4) is 0 Å². The predicted molar refractivity (Wildman–Crippen MR) is 42.7 cm³/mol. The molecule has 0 fully saturated rings. The van der Waals surface area contributed by atoms with Gasteiger partial charge < -0.3 is 9.47 Å². The highest BCUT2D eigenvalue weighted by Crippen LogP contribution is 2.17. The van der Waals surface area contributed by atoms with Crippen molar-refractivity contribution in [1.29, 1.82) is 0 Å². The molecule has 0 rings (SSSR count). The van der Waals surface area contributed by atoms with Crippen molar-refractivity contribution >= 4 is 11.8 Å². The van der Waals surface area contributed by atoms with Crippen LogP contribution < -0.4 is 0 Å². The van der Waals surface area contributed by atoms with E-state index in [0.717, 1.165) is 0 Å². The maximum absolute atomic E-state index is 11.2. The van der Waals surface area contributed by atoms with Crippen molar-refractivity contribution in [2.45, 2.75) is 25.9 Å². The van der Waals surface area contributed by atoms with E-state index in [1.807, 2.05) is 0 Å². The molecule has 0 spiro atoms. The summed E-state index contributed by atoms with van der Waals surface area (Å²) in [5, 5.41) is 0. The first kappa shape index (κ1) is 11.1. The Labute approximate surface area is 71.8 Å². The molecular weight excluding hydrogens is 160 g/mol. The normalized spacial score (nSPS) is 15.0. The third-order valence-corrected chi connectivity index (χ3v) is 1.93. The van der Waals surface area contributed by atoms with E-state index in [9.17, 15) is 9.59 Å². The first-order chi connectivity index (χ1) is 5.55. The van der Waals surface area contributed by atoms with Gasteiger partial charge in [0.15, 0.2) is 5.78 Å². The molecule has 0 aromatic heterocycles. The molecule has 0 aliphatic carbocycles. The van der Waals surface area contributed by atoms with E-state index in [0.29, 0.717) is 0 Å². The first-order valence-electron chi connectivity index (χ1n) is 3.69. The number of rotatable bonds is 4. The van der Waals surface area contributed by atoms with Gasteiger partial charge >= 0.3 is 5.97 Å². The van der Waals surface area contributed by atoms with Gasteiger partial charge in [0, 0.05) is 7.11 Å². The summed E-state index contributed by atoms with van der Waals surface area (Å²) in [6.45, 7) is 3.01. The van der Waals surface area contributed by atoms with E-state index in [-0.39, 0.29) is 12.2 Å². The molecule has 0 amide bonds. The Balaban J connectivity index is 4.82. The maximum atomic E-state index is 11.2. The summed E-state index contributed by atoms with van der Waals surface area (Å²) in [6.07, 6.45) is 0.283. The predicted octanol–water partition coefficient (Wildman–Crippen LogP) is 0.544. The van der Waals surface area contributed by atoms with Gasteiger partial charge in [0.05, 0.1) is 7.11 Å². The number of Topliss-reactive ketones (excluding diaryl/α,β-unsaturated/α-hetero) is 1. The monoisotopic (exact) mass is 174 g/mol. The Morgan fingerprint density at radius 2 is 1.83 bits per heavy atom. The van der Waals surface area contributed by atoms with Crippen molar-refractivity contribution in [3.63, 3.8) is 0 Å². The Bertz CT molecular complexity index is 181. The minimum atomic E-state index is -1.41. The maximum Gasteiger partial charge on any atom is 0.345 e. The lowest BCUT2D eigenvalue weighted by Crippen LogP contribution is -2.47. The lowest BCUT2D eigenvalue weighted by Gasteiger charge is -2.24. The molecule has 70 valence electrons. The van der Waals surface area contributed by atoms with E-state index >= 15 is 0 Å². The Kier molecular flexibility index (Phi) is 3.89. The van der Waals surface area contributed by atoms with Crippen molar-refractivity contribution in [1.82, 2.24) is 0 Å². The van der Waals surface area contributed by atoms with Crippen molar-refractivity contribution in [3.8, 4) is 0 Å². The van der Waals surface area contributed by atoms with Crippen LogP contribution in [0.2, 0.25) is 0 Å². The molecule has 0 radical (unpaired) electrons. The van der Waals surface area contributed by atoms with E-state index in [1.54, 1.807) is 6.92 Å². The van der Waals surface area contributed by atoms with Gasteiger partial charge in [-0.2, -0.15) is 0 Å². The van der Waals surface area contributed by atoms with Gasteiger partial charge in [0.1, 0.15) is 0 Å². The molecule has 0 aromatic rings. The van der Waals surface area contributed by atoms with Crippen LogP contribution in [0, 0.1) is 0 Å².